The van der Waals surface area contributed by atoms with Crippen LogP contribution < -0.4 is 0 Å². The Morgan fingerprint density at radius 3 is 2.33 bits per heavy atom. The lowest BCUT2D eigenvalue weighted by atomic mass is 10.0. The van der Waals surface area contributed by atoms with E-state index < -0.39 is 17.7 Å². The first-order chi connectivity index (χ1) is 8.49. The van der Waals surface area contributed by atoms with Gasteiger partial charge in [0.1, 0.15) is 6.10 Å². The summed E-state index contributed by atoms with van der Waals surface area (Å²) >= 11 is 11.6. The van der Waals surface area contributed by atoms with Crippen molar-refractivity contribution in [3.05, 3.63) is 69.2 Å². The Labute approximate surface area is 113 Å². The SMILES string of the molecule is OC(c1cccc(Cl)c1)c1cc(F)c(F)cc1Cl. The van der Waals surface area contributed by atoms with Gasteiger partial charge in [-0.3, -0.25) is 0 Å². The van der Waals surface area contributed by atoms with E-state index >= 15 is 0 Å². The van der Waals surface area contributed by atoms with Crippen LogP contribution >= 0.6 is 23.2 Å². The van der Waals surface area contributed by atoms with Crippen LogP contribution in [0.25, 0.3) is 0 Å². The minimum atomic E-state index is -1.16. The summed E-state index contributed by atoms with van der Waals surface area (Å²) in [7, 11) is 0. The predicted molar refractivity (Wildman–Crippen MR) is 66.9 cm³/mol. The fourth-order valence-electron chi connectivity index (χ4n) is 1.60. The fourth-order valence-corrected chi connectivity index (χ4v) is 2.06. The highest BCUT2D eigenvalue weighted by Gasteiger charge is 2.17. The first-order valence-electron chi connectivity index (χ1n) is 5.07. The van der Waals surface area contributed by atoms with E-state index in [9.17, 15) is 13.9 Å². The molecule has 1 N–H and O–H groups in total. The molecule has 0 aliphatic heterocycles. The molecule has 2 rings (SSSR count). The van der Waals surface area contributed by atoms with Gasteiger partial charge < -0.3 is 5.11 Å². The highest BCUT2D eigenvalue weighted by atomic mass is 35.5. The zero-order valence-electron chi connectivity index (χ0n) is 9.00. The number of halogens is 4. The van der Waals surface area contributed by atoms with Gasteiger partial charge in [-0.2, -0.15) is 0 Å². The normalized spacial score (nSPS) is 12.5. The molecular weight excluding hydrogens is 281 g/mol. The quantitative estimate of drug-likeness (QED) is 0.815. The first-order valence-corrected chi connectivity index (χ1v) is 5.82. The summed E-state index contributed by atoms with van der Waals surface area (Å²) in [6.45, 7) is 0. The number of aliphatic hydroxyl groups is 1. The van der Waals surface area contributed by atoms with Crippen LogP contribution in [-0.2, 0) is 0 Å². The Balaban J connectivity index is 2.46. The summed E-state index contributed by atoms with van der Waals surface area (Å²) in [5.41, 5.74) is 0.549. The Kier molecular flexibility index (Phi) is 3.85. The van der Waals surface area contributed by atoms with Crippen molar-refractivity contribution in [2.75, 3.05) is 0 Å². The van der Waals surface area contributed by atoms with Gasteiger partial charge in [-0.15, -0.1) is 0 Å². The third kappa shape index (κ3) is 2.64. The van der Waals surface area contributed by atoms with Crippen LogP contribution in [0.3, 0.4) is 0 Å². The Morgan fingerprint density at radius 1 is 1.00 bits per heavy atom. The lowest BCUT2D eigenvalue weighted by Gasteiger charge is -2.13. The second-order valence-corrected chi connectivity index (χ2v) is 4.59. The summed E-state index contributed by atoms with van der Waals surface area (Å²) in [6.07, 6.45) is -1.16. The van der Waals surface area contributed by atoms with Gasteiger partial charge >= 0.3 is 0 Å². The average Bonchev–Trinajstić information content (AvgIpc) is 2.33. The van der Waals surface area contributed by atoms with Crippen molar-refractivity contribution in [1.29, 1.82) is 0 Å². The van der Waals surface area contributed by atoms with Gasteiger partial charge in [0.2, 0.25) is 0 Å². The van der Waals surface area contributed by atoms with Crippen molar-refractivity contribution < 1.29 is 13.9 Å². The van der Waals surface area contributed by atoms with Crippen molar-refractivity contribution in [1.82, 2.24) is 0 Å². The van der Waals surface area contributed by atoms with E-state index in [1.807, 2.05) is 0 Å². The van der Waals surface area contributed by atoms with Crippen molar-refractivity contribution >= 4 is 23.2 Å². The lowest BCUT2D eigenvalue weighted by molar-refractivity contribution is 0.219. The third-order valence-corrected chi connectivity index (χ3v) is 3.06. The van der Waals surface area contributed by atoms with Gasteiger partial charge in [0, 0.05) is 15.6 Å². The summed E-state index contributed by atoms with van der Waals surface area (Å²) in [4.78, 5) is 0. The van der Waals surface area contributed by atoms with Gasteiger partial charge in [0.15, 0.2) is 11.6 Å². The van der Waals surface area contributed by atoms with E-state index in [0.29, 0.717) is 10.6 Å². The summed E-state index contributed by atoms with van der Waals surface area (Å²) in [5, 5.41) is 10.5. The zero-order valence-corrected chi connectivity index (χ0v) is 10.5. The van der Waals surface area contributed by atoms with Gasteiger partial charge in [-0.25, -0.2) is 8.78 Å². The van der Waals surface area contributed by atoms with E-state index in [2.05, 4.69) is 0 Å². The van der Waals surface area contributed by atoms with Gasteiger partial charge in [-0.1, -0.05) is 35.3 Å². The molecule has 0 heterocycles. The number of aliphatic hydroxyl groups excluding tert-OH is 1. The summed E-state index contributed by atoms with van der Waals surface area (Å²) < 4.78 is 26.1. The van der Waals surface area contributed by atoms with Crippen molar-refractivity contribution in [2.45, 2.75) is 6.10 Å². The highest BCUT2D eigenvalue weighted by molar-refractivity contribution is 6.31. The predicted octanol–water partition coefficient (Wildman–Crippen LogP) is 4.35. The van der Waals surface area contributed by atoms with Crippen molar-refractivity contribution in [2.24, 2.45) is 0 Å². The second-order valence-electron chi connectivity index (χ2n) is 3.75. The summed E-state index contributed by atoms with van der Waals surface area (Å²) in [6, 6.07) is 8.15. The molecule has 1 atom stereocenters. The van der Waals surface area contributed by atoms with Gasteiger partial charge in [0.25, 0.3) is 0 Å². The first kappa shape index (κ1) is 13.3. The Morgan fingerprint density at radius 2 is 1.67 bits per heavy atom. The standard InChI is InChI=1S/C13H8Cl2F2O/c14-8-3-1-2-7(4-8)13(18)9-5-11(16)12(17)6-10(9)15/h1-6,13,18H. The maximum Gasteiger partial charge on any atom is 0.160 e. The molecule has 0 bridgehead atoms. The molecule has 0 aromatic heterocycles. The highest BCUT2D eigenvalue weighted by Crippen LogP contribution is 2.30. The van der Waals surface area contributed by atoms with E-state index in [4.69, 9.17) is 23.2 Å². The topological polar surface area (TPSA) is 20.2 Å². The second kappa shape index (κ2) is 5.22. The molecule has 18 heavy (non-hydrogen) atoms. The molecule has 0 amide bonds. The van der Waals surface area contributed by atoms with E-state index in [1.54, 1.807) is 18.2 Å². The molecule has 2 aromatic rings. The Hall–Kier alpha value is -1.16. The van der Waals surface area contributed by atoms with E-state index in [-0.39, 0.29) is 10.6 Å². The van der Waals surface area contributed by atoms with Crippen LogP contribution in [0.4, 0.5) is 8.78 Å². The molecule has 5 heteroatoms. The molecule has 94 valence electrons. The van der Waals surface area contributed by atoms with E-state index in [1.165, 1.54) is 6.07 Å². The van der Waals surface area contributed by atoms with Crippen molar-refractivity contribution in [3.63, 3.8) is 0 Å². The maximum atomic E-state index is 13.1. The molecule has 0 saturated carbocycles. The fraction of sp³-hybridized carbons (Fsp3) is 0.0769. The van der Waals surface area contributed by atoms with Crippen LogP contribution in [-0.4, -0.2) is 5.11 Å². The zero-order chi connectivity index (χ0) is 13.3. The summed E-state index contributed by atoms with van der Waals surface area (Å²) in [5.74, 6) is -2.11. The maximum absolute atomic E-state index is 13.1. The molecule has 0 aliphatic rings. The third-order valence-electron chi connectivity index (χ3n) is 2.50. The number of rotatable bonds is 2. The average molecular weight is 289 g/mol. The van der Waals surface area contributed by atoms with Crippen LogP contribution in [0, 0.1) is 11.6 Å². The Bertz CT molecular complexity index is 587. The number of benzene rings is 2. The molecule has 0 radical (unpaired) electrons. The molecule has 0 spiro atoms. The monoisotopic (exact) mass is 288 g/mol. The number of hydrogen-bond acceptors (Lipinski definition) is 1. The minimum Gasteiger partial charge on any atom is -0.384 e. The number of hydrogen-bond donors (Lipinski definition) is 1. The smallest absolute Gasteiger partial charge is 0.160 e. The van der Waals surface area contributed by atoms with Crippen LogP contribution in [0.15, 0.2) is 36.4 Å². The van der Waals surface area contributed by atoms with Crippen molar-refractivity contribution in [3.8, 4) is 0 Å². The molecule has 2 aromatic carbocycles. The molecule has 1 unspecified atom stereocenters. The largest absolute Gasteiger partial charge is 0.384 e. The molecule has 0 fully saturated rings. The minimum absolute atomic E-state index is 0.0404. The molecule has 1 nitrogen and oxygen atoms in total. The molecule has 0 saturated heterocycles. The lowest BCUT2D eigenvalue weighted by Crippen LogP contribution is -2.02. The van der Waals surface area contributed by atoms with E-state index in [0.717, 1.165) is 12.1 Å². The van der Waals surface area contributed by atoms with Crippen LogP contribution in [0.5, 0.6) is 0 Å². The van der Waals surface area contributed by atoms with Gasteiger partial charge in [-0.05, 0) is 29.8 Å². The molecular formula is C13H8Cl2F2O. The van der Waals surface area contributed by atoms with Crippen LogP contribution in [0.1, 0.15) is 17.2 Å². The van der Waals surface area contributed by atoms with Gasteiger partial charge in [0.05, 0.1) is 0 Å². The molecule has 0 aliphatic carbocycles. The van der Waals surface area contributed by atoms with Crippen LogP contribution in [0.2, 0.25) is 10.0 Å².